The lowest BCUT2D eigenvalue weighted by atomic mass is 9.88. The Morgan fingerprint density at radius 3 is 2.80 bits per heavy atom. The number of allylic oxidation sites excluding steroid dienone is 2. The number of piperidine rings is 1. The fourth-order valence-corrected chi connectivity index (χ4v) is 3.17. The second kappa shape index (κ2) is 8.02. The normalized spacial score (nSPS) is 26.8. The summed E-state index contributed by atoms with van der Waals surface area (Å²) >= 11 is 0. The van der Waals surface area contributed by atoms with Gasteiger partial charge in [0.2, 0.25) is 5.91 Å². The van der Waals surface area contributed by atoms with Crippen molar-refractivity contribution >= 4 is 11.9 Å². The molecule has 2 rings (SSSR count). The summed E-state index contributed by atoms with van der Waals surface area (Å²) in [6.07, 6.45) is 5.28. The Morgan fingerprint density at radius 2 is 2.16 bits per heavy atom. The number of amides is 3. The molecule has 6 heteroatoms. The minimum Gasteiger partial charge on any atom is -0.347 e. The Balaban J connectivity index is 1.91. The minimum absolute atomic E-state index is 0.110. The van der Waals surface area contributed by atoms with Gasteiger partial charge in [0.1, 0.15) is 5.83 Å². The number of carbonyl (C=O) groups is 2. The molecule has 5 nitrogen and oxygen atoms in total. The molecular formula is C19H30FN3O2. The van der Waals surface area contributed by atoms with Crippen molar-refractivity contribution in [2.45, 2.75) is 52.5 Å². The van der Waals surface area contributed by atoms with Gasteiger partial charge >= 0.3 is 6.03 Å². The van der Waals surface area contributed by atoms with Gasteiger partial charge in [-0.2, -0.15) is 0 Å². The van der Waals surface area contributed by atoms with Crippen LogP contribution in [0.15, 0.2) is 23.6 Å². The van der Waals surface area contributed by atoms with E-state index in [4.69, 9.17) is 0 Å². The summed E-state index contributed by atoms with van der Waals surface area (Å²) in [5.41, 5.74) is -0.0968. The number of likely N-dealkylation sites (tertiary alicyclic amines) is 1. The molecule has 25 heavy (non-hydrogen) atoms. The van der Waals surface area contributed by atoms with Crippen molar-refractivity contribution < 1.29 is 14.0 Å². The largest absolute Gasteiger partial charge is 0.347 e. The van der Waals surface area contributed by atoms with Crippen molar-refractivity contribution in [3.05, 3.63) is 23.6 Å². The van der Waals surface area contributed by atoms with Crippen LogP contribution >= 0.6 is 0 Å². The Morgan fingerprint density at radius 1 is 1.44 bits per heavy atom. The summed E-state index contributed by atoms with van der Waals surface area (Å²) in [6.45, 7) is 9.33. The van der Waals surface area contributed by atoms with Crippen LogP contribution in [0.5, 0.6) is 0 Å². The minimum atomic E-state index is -0.706. The number of nitrogens with one attached hydrogen (secondary N) is 2. The molecule has 0 radical (unpaired) electrons. The molecule has 1 aliphatic heterocycles. The average Bonchev–Trinajstić information content (AvgIpc) is 2.56. The summed E-state index contributed by atoms with van der Waals surface area (Å²) in [4.78, 5) is 26.6. The van der Waals surface area contributed by atoms with Gasteiger partial charge in [0.25, 0.3) is 0 Å². The zero-order valence-corrected chi connectivity index (χ0v) is 15.7. The second-order valence-corrected chi connectivity index (χ2v) is 7.87. The van der Waals surface area contributed by atoms with E-state index in [1.807, 2.05) is 26.8 Å². The average molecular weight is 351 g/mol. The van der Waals surface area contributed by atoms with Crippen LogP contribution in [0.1, 0.15) is 47.0 Å². The van der Waals surface area contributed by atoms with E-state index in [1.165, 1.54) is 0 Å². The fourth-order valence-electron chi connectivity index (χ4n) is 3.17. The summed E-state index contributed by atoms with van der Waals surface area (Å²) in [5.74, 6) is -0.166. The van der Waals surface area contributed by atoms with Crippen LogP contribution in [0, 0.1) is 11.8 Å². The van der Waals surface area contributed by atoms with Crippen LogP contribution in [0.4, 0.5) is 9.18 Å². The maximum atomic E-state index is 13.9. The van der Waals surface area contributed by atoms with Crippen LogP contribution < -0.4 is 10.6 Å². The van der Waals surface area contributed by atoms with Crippen molar-refractivity contribution in [2.75, 3.05) is 19.6 Å². The maximum absolute atomic E-state index is 13.9. The van der Waals surface area contributed by atoms with E-state index in [9.17, 15) is 14.0 Å². The van der Waals surface area contributed by atoms with Crippen LogP contribution in [0.2, 0.25) is 0 Å². The molecule has 1 heterocycles. The van der Waals surface area contributed by atoms with Gasteiger partial charge in [-0.3, -0.25) is 4.79 Å². The lowest BCUT2D eigenvalue weighted by molar-refractivity contribution is -0.127. The molecule has 140 valence electrons. The van der Waals surface area contributed by atoms with Gasteiger partial charge < -0.3 is 15.5 Å². The SMILES string of the molecule is CC1=C(F)CC(C)(NC(=O)[C@H]2CCCN(C(=O)NCC(C)C)C2)C=C1. The number of hydrogen-bond donors (Lipinski definition) is 2. The molecule has 0 bridgehead atoms. The molecule has 0 aromatic rings. The standard InChI is InChI=1S/C19H30FN3O2/c1-13(2)11-21-18(25)23-9-5-6-15(12-23)17(24)22-19(4)8-7-14(3)16(20)10-19/h7-8,13,15H,5-6,9-12H2,1-4H3,(H,21,25)(H,22,24)/t15-,19?/m0/s1. The van der Waals surface area contributed by atoms with Crippen LogP contribution in [-0.4, -0.2) is 42.0 Å². The summed E-state index contributed by atoms with van der Waals surface area (Å²) in [6, 6.07) is -0.112. The second-order valence-electron chi connectivity index (χ2n) is 7.87. The van der Waals surface area contributed by atoms with Gasteiger partial charge in [-0.05, 0) is 38.2 Å². The third-order valence-electron chi connectivity index (χ3n) is 4.80. The lowest BCUT2D eigenvalue weighted by Gasteiger charge is -2.35. The van der Waals surface area contributed by atoms with Crippen molar-refractivity contribution in [1.82, 2.24) is 15.5 Å². The van der Waals surface area contributed by atoms with Crippen LogP contribution in [0.3, 0.4) is 0 Å². The van der Waals surface area contributed by atoms with E-state index in [0.29, 0.717) is 31.1 Å². The Bertz CT molecular complexity index is 585. The molecule has 0 spiro atoms. The zero-order chi connectivity index (χ0) is 18.6. The first kappa shape index (κ1) is 19.5. The van der Waals surface area contributed by atoms with E-state index in [1.54, 1.807) is 17.9 Å². The summed E-state index contributed by atoms with van der Waals surface area (Å²) < 4.78 is 13.9. The predicted octanol–water partition coefficient (Wildman–Crippen LogP) is 3.14. The molecule has 1 unspecified atom stereocenters. The van der Waals surface area contributed by atoms with E-state index in [2.05, 4.69) is 10.6 Å². The topological polar surface area (TPSA) is 61.4 Å². The molecule has 0 aromatic heterocycles. The van der Waals surface area contributed by atoms with Crippen molar-refractivity contribution in [3.8, 4) is 0 Å². The van der Waals surface area contributed by atoms with Crippen LogP contribution in [-0.2, 0) is 4.79 Å². The molecule has 2 N–H and O–H groups in total. The van der Waals surface area contributed by atoms with Gasteiger partial charge in [-0.1, -0.05) is 26.0 Å². The van der Waals surface area contributed by atoms with Gasteiger partial charge in [0.05, 0.1) is 11.5 Å². The number of rotatable bonds is 4. The molecular weight excluding hydrogens is 321 g/mol. The molecule has 0 aromatic carbocycles. The highest BCUT2D eigenvalue weighted by molar-refractivity contribution is 5.81. The highest BCUT2D eigenvalue weighted by Gasteiger charge is 2.34. The monoisotopic (exact) mass is 351 g/mol. The molecule has 3 amide bonds. The van der Waals surface area contributed by atoms with Crippen molar-refractivity contribution in [3.63, 3.8) is 0 Å². The van der Waals surface area contributed by atoms with Crippen LogP contribution in [0.25, 0.3) is 0 Å². The van der Waals surface area contributed by atoms with Gasteiger partial charge in [0.15, 0.2) is 0 Å². The predicted molar refractivity (Wildman–Crippen MR) is 96.6 cm³/mol. The third kappa shape index (κ3) is 5.31. The first-order valence-corrected chi connectivity index (χ1v) is 9.09. The zero-order valence-electron chi connectivity index (χ0n) is 15.7. The molecule has 2 atom stereocenters. The molecule has 0 saturated carbocycles. The maximum Gasteiger partial charge on any atom is 0.317 e. The molecule has 1 saturated heterocycles. The Kier molecular flexibility index (Phi) is 6.25. The molecule has 1 aliphatic carbocycles. The smallest absolute Gasteiger partial charge is 0.317 e. The number of nitrogens with zero attached hydrogens (tertiary/aromatic N) is 1. The van der Waals surface area contributed by atoms with E-state index >= 15 is 0 Å². The van der Waals surface area contributed by atoms with E-state index in [-0.39, 0.29) is 30.1 Å². The van der Waals surface area contributed by atoms with Gasteiger partial charge in [-0.15, -0.1) is 0 Å². The third-order valence-corrected chi connectivity index (χ3v) is 4.80. The number of hydrogen-bond acceptors (Lipinski definition) is 2. The lowest BCUT2D eigenvalue weighted by Crippen LogP contribution is -2.53. The van der Waals surface area contributed by atoms with Crippen molar-refractivity contribution in [2.24, 2.45) is 11.8 Å². The highest BCUT2D eigenvalue weighted by Crippen LogP contribution is 2.28. The van der Waals surface area contributed by atoms with E-state index < -0.39 is 5.54 Å². The Labute approximate surface area is 149 Å². The quantitative estimate of drug-likeness (QED) is 0.817. The van der Waals surface area contributed by atoms with Gasteiger partial charge in [0, 0.05) is 26.1 Å². The molecule has 2 aliphatic rings. The van der Waals surface area contributed by atoms with Crippen molar-refractivity contribution in [1.29, 1.82) is 0 Å². The summed E-state index contributed by atoms with van der Waals surface area (Å²) in [5, 5.41) is 5.87. The number of urea groups is 1. The first-order chi connectivity index (χ1) is 11.7. The number of carbonyl (C=O) groups excluding carboxylic acids is 2. The van der Waals surface area contributed by atoms with Gasteiger partial charge in [-0.25, -0.2) is 9.18 Å². The number of halogens is 1. The fraction of sp³-hybridized carbons (Fsp3) is 0.684. The summed E-state index contributed by atoms with van der Waals surface area (Å²) in [7, 11) is 0. The highest BCUT2D eigenvalue weighted by atomic mass is 19.1. The van der Waals surface area contributed by atoms with E-state index in [0.717, 1.165) is 12.8 Å². The Hall–Kier alpha value is -1.85. The molecule has 1 fully saturated rings. The first-order valence-electron chi connectivity index (χ1n) is 9.09.